The van der Waals surface area contributed by atoms with Crippen LogP contribution in [-0.2, 0) is 22.6 Å². The van der Waals surface area contributed by atoms with E-state index in [-0.39, 0.29) is 35.6 Å². The number of nitrogens with one attached hydrogen (secondary N) is 1. The highest BCUT2D eigenvalue weighted by atomic mass is 32.1. The number of pyridine rings is 1. The summed E-state index contributed by atoms with van der Waals surface area (Å²) in [6, 6.07) is 13.0. The number of hydrogen-bond acceptors (Lipinski definition) is 6. The summed E-state index contributed by atoms with van der Waals surface area (Å²) in [5, 5.41) is 10.2. The van der Waals surface area contributed by atoms with Crippen molar-refractivity contribution in [2.75, 3.05) is 20.7 Å². The molecule has 2 amide bonds. The van der Waals surface area contributed by atoms with Gasteiger partial charge < -0.3 is 15.0 Å². The van der Waals surface area contributed by atoms with Gasteiger partial charge in [0.05, 0.1) is 43.1 Å². The van der Waals surface area contributed by atoms with Crippen molar-refractivity contribution in [3.63, 3.8) is 0 Å². The van der Waals surface area contributed by atoms with Crippen LogP contribution in [0, 0.1) is 11.6 Å². The van der Waals surface area contributed by atoms with Crippen LogP contribution in [0.1, 0.15) is 24.2 Å². The molecule has 0 aliphatic carbocycles. The van der Waals surface area contributed by atoms with E-state index < -0.39 is 11.6 Å². The van der Waals surface area contributed by atoms with Gasteiger partial charge in [0.25, 0.3) is 0 Å². The van der Waals surface area contributed by atoms with Crippen molar-refractivity contribution >= 4 is 33.2 Å². The molecule has 1 aliphatic heterocycles. The number of hydrogen-bond donors (Lipinski definition) is 1. The lowest BCUT2D eigenvalue weighted by molar-refractivity contribution is -0.129. The lowest BCUT2D eigenvalue weighted by Gasteiger charge is -2.33. The summed E-state index contributed by atoms with van der Waals surface area (Å²) in [7, 11) is 2.96. The van der Waals surface area contributed by atoms with Gasteiger partial charge in [0.2, 0.25) is 11.8 Å². The maximum absolute atomic E-state index is 15.7. The SMILES string of the molecule is C=CC(=O)N1CCn2nc(-c3nc(-c4ccc(CC(=O)NC)cc4)c4ccsc4c3-c3c(F)cc(F)cc3OC)cc2[C@H]1C. The van der Waals surface area contributed by atoms with Crippen molar-refractivity contribution in [3.8, 4) is 39.5 Å². The van der Waals surface area contributed by atoms with E-state index in [1.165, 1.54) is 24.5 Å². The third-order valence-corrected chi connectivity index (χ3v) is 8.86. The minimum absolute atomic E-state index is 0.0339. The first kappa shape index (κ1) is 29.2. The number of nitrogens with zero attached hydrogens (tertiary/aromatic N) is 4. The molecule has 0 unspecified atom stereocenters. The molecular formula is C33H29F2N5O3S. The van der Waals surface area contributed by atoms with Gasteiger partial charge in [-0.25, -0.2) is 13.8 Å². The van der Waals surface area contributed by atoms with Crippen molar-refractivity contribution in [1.82, 2.24) is 25.0 Å². The molecule has 224 valence electrons. The van der Waals surface area contributed by atoms with Crippen LogP contribution < -0.4 is 10.1 Å². The molecule has 8 nitrogen and oxygen atoms in total. The van der Waals surface area contributed by atoms with Crippen LogP contribution in [0.4, 0.5) is 8.78 Å². The van der Waals surface area contributed by atoms with Crippen LogP contribution in [0.25, 0.3) is 43.9 Å². The second-order valence-electron chi connectivity index (χ2n) is 10.4. The second kappa shape index (κ2) is 11.6. The molecule has 0 radical (unpaired) electrons. The molecule has 0 spiro atoms. The number of amides is 2. The van der Waals surface area contributed by atoms with E-state index in [0.717, 1.165) is 39.0 Å². The Labute approximate surface area is 256 Å². The Morgan fingerprint density at radius 1 is 1.11 bits per heavy atom. The Morgan fingerprint density at radius 2 is 1.89 bits per heavy atom. The van der Waals surface area contributed by atoms with Gasteiger partial charge >= 0.3 is 0 Å². The topological polar surface area (TPSA) is 89.4 Å². The Hall–Kier alpha value is -4.90. The normalized spacial score (nSPS) is 14.4. The molecule has 11 heteroatoms. The molecule has 4 heterocycles. The van der Waals surface area contributed by atoms with Gasteiger partial charge in [-0.2, -0.15) is 5.10 Å². The van der Waals surface area contributed by atoms with Crippen molar-refractivity contribution < 1.29 is 23.1 Å². The van der Waals surface area contributed by atoms with Gasteiger partial charge in [-0.15, -0.1) is 11.3 Å². The van der Waals surface area contributed by atoms with Crippen molar-refractivity contribution in [1.29, 1.82) is 0 Å². The largest absolute Gasteiger partial charge is 0.496 e. The van der Waals surface area contributed by atoms with Crippen LogP contribution in [0.15, 0.2) is 66.6 Å². The van der Waals surface area contributed by atoms with E-state index in [1.54, 1.807) is 11.9 Å². The molecule has 0 saturated heterocycles. The van der Waals surface area contributed by atoms with Crippen LogP contribution >= 0.6 is 11.3 Å². The number of likely N-dealkylation sites (N-methyl/N-ethyl adjacent to an activating group) is 1. The number of thiophene rings is 1. The van der Waals surface area contributed by atoms with E-state index in [9.17, 15) is 14.0 Å². The van der Waals surface area contributed by atoms with Gasteiger partial charge in [0.1, 0.15) is 28.8 Å². The van der Waals surface area contributed by atoms with Gasteiger partial charge in [-0.05, 0) is 36.1 Å². The average Bonchev–Trinajstić information content (AvgIpc) is 3.69. The maximum Gasteiger partial charge on any atom is 0.246 e. The highest BCUT2D eigenvalue weighted by molar-refractivity contribution is 7.18. The Kier molecular flexibility index (Phi) is 7.73. The number of methoxy groups -OCH3 is 1. The van der Waals surface area contributed by atoms with Crippen LogP contribution in [-0.4, -0.2) is 52.2 Å². The van der Waals surface area contributed by atoms with Crippen LogP contribution in [0.5, 0.6) is 5.75 Å². The number of halogens is 2. The Balaban J connectivity index is 1.60. The van der Waals surface area contributed by atoms with Crippen molar-refractivity contribution in [3.05, 3.63) is 89.5 Å². The van der Waals surface area contributed by atoms with Gasteiger partial charge in [-0.1, -0.05) is 30.8 Å². The first-order chi connectivity index (χ1) is 21.2. The first-order valence-corrected chi connectivity index (χ1v) is 14.9. The van der Waals surface area contributed by atoms with Crippen molar-refractivity contribution in [2.45, 2.75) is 25.9 Å². The highest BCUT2D eigenvalue weighted by Crippen LogP contribution is 2.47. The molecule has 1 aliphatic rings. The molecule has 6 rings (SSSR count). The number of fused-ring (bicyclic) bond motifs is 2. The zero-order valence-corrected chi connectivity index (χ0v) is 25.2. The molecule has 0 fully saturated rings. The summed E-state index contributed by atoms with van der Waals surface area (Å²) in [6.07, 6.45) is 1.54. The quantitative estimate of drug-likeness (QED) is 0.222. The molecule has 1 N–H and O–H groups in total. The monoisotopic (exact) mass is 613 g/mol. The van der Waals surface area contributed by atoms with Gasteiger partial charge in [0.15, 0.2) is 0 Å². The third kappa shape index (κ3) is 5.02. The van der Waals surface area contributed by atoms with E-state index in [4.69, 9.17) is 14.8 Å². The lowest BCUT2D eigenvalue weighted by Crippen LogP contribution is -2.40. The smallest absolute Gasteiger partial charge is 0.246 e. The fraction of sp³-hybridized carbons (Fsp3) is 0.212. The lowest BCUT2D eigenvalue weighted by atomic mass is 9.96. The number of benzene rings is 2. The molecule has 2 aromatic carbocycles. The number of ether oxygens (including phenoxy) is 1. The molecule has 0 saturated carbocycles. The molecular weight excluding hydrogens is 584 g/mol. The van der Waals surface area contributed by atoms with Gasteiger partial charge in [0, 0.05) is 46.9 Å². The first-order valence-electron chi connectivity index (χ1n) is 14.0. The third-order valence-electron chi connectivity index (χ3n) is 7.93. The van der Waals surface area contributed by atoms with Crippen molar-refractivity contribution in [2.24, 2.45) is 0 Å². The predicted molar refractivity (Wildman–Crippen MR) is 166 cm³/mol. The average molecular weight is 614 g/mol. The zero-order valence-electron chi connectivity index (χ0n) is 24.4. The fourth-order valence-electron chi connectivity index (χ4n) is 5.71. The molecule has 0 bridgehead atoms. The van der Waals surface area contributed by atoms with E-state index in [2.05, 4.69) is 11.9 Å². The molecule has 3 aromatic heterocycles. The summed E-state index contributed by atoms with van der Waals surface area (Å²) in [4.78, 5) is 31.3. The minimum atomic E-state index is -0.786. The number of carbonyl (C=O) groups is 2. The summed E-state index contributed by atoms with van der Waals surface area (Å²) in [5.41, 5.74) is 4.48. The van der Waals surface area contributed by atoms with Crippen LogP contribution in [0.3, 0.4) is 0 Å². The summed E-state index contributed by atoms with van der Waals surface area (Å²) in [6.45, 7) is 6.46. The minimum Gasteiger partial charge on any atom is -0.496 e. The summed E-state index contributed by atoms with van der Waals surface area (Å²) < 4.78 is 38.1. The standard InChI is InChI=1S/C33H29F2N5O3S/c1-5-28(42)39-11-12-40-25(18(39)2)17-24(38-40)32-30(29-23(35)15-21(34)16-26(29)43-4)33-22(10-13-44-33)31(37-32)20-8-6-19(7-9-20)14-27(41)36-3/h5-10,13,15-18H,1,11-12,14H2,2-4H3,(H,36,41)/t18-/m1/s1. The summed E-state index contributed by atoms with van der Waals surface area (Å²) in [5.74, 6) is -1.78. The maximum atomic E-state index is 15.7. The number of carbonyl (C=O) groups excluding carboxylic acids is 2. The van der Waals surface area contributed by atoms with E-state index in [0.29, 0.717) is 35.7 Å². The number of aromatic nitrogens is 3. The summed E-state index contributed by atoms with van der Waals surface area (Å²) >= 11 is 1.41. The highest BCUT2D eigenvalue weighted by Gasteiger charge is 2.31. The Morgan fingerprint density at radius 3 is 2.59 bits per heavy atom. The predicted octanol–water partition coefficient (Wildman–Crippen LogP) is 6.16. The number of rotatable bonds is 7. The molecule has 1 atom stereocenters. The molecule has 5 aromatic rings. The second-order valence-corrected chi connectivity index (χ2v) is 11.4. The van der Waals surface area contributed by atoms with Crippen LogP contribution in [0.2, 0.25) is 0 Å². The van der Waals surface area contributed by atoms with E-state index in [1.807, 2.05) is 53.4 Å². The van der Waals surface area contributed by atoms with E-state index >= 15 is 4.39 Å². The molecule has 44 heavy (non-hydrogen) atoms. The Bertz CT molecular complexity index is 1930. The van der Waals surface area contributed by atoms with Gasteiger partial charge in [-0.3, -0.25) is 14.3 Å². The zero-order chi connectivity index (χ0) is 31.1. The fourth-order valence-corrected chi connectivity index (χ4v) is 6.65.